The molecule has 0 N–H and O–H groups in total. The van der Waals surface area contributed by atoms with E-state index in [0.29, 0.717) is 24.8 Å². The molecule has 2 aromatic carbocycles. The number of ether oxygens (including phenoxy) is 1. The van der Waals surface area contributed by atoms with E-state index in [0.717, 1.165) is 19.4 Å². The molecule has 0 spiro atoms. The van der Waals surface area contributed by atoms with Crippen molar-refractivity contribution in [3.05, 3.63) is 48.0 Å². The predicted octanol–water partition coefficient (Wildman–Crippen LogP) is 4.50. The molecule has 0 radical (unpaired) electrons. The Morgan fingerprint density at radius 1 is 1.08 bits per heavy atom. The summed E-state index contributed by atoms with van der Waals surface area (Å²) in [6.07, 6.45) is 5.74. The molecular formula is C22H27NO2. The normalized spacial score (nSPS) is 26.2. The van der Waals surface area contributed by atoms with Gasteiger partial charge >= 0.3 is 0 Å². The van der Waals surface area contributed by atoms with E-state index in [4.69, 9.17) is 4.74 Å². The first-order chi connectivity index (χ1) is 12.2. The summed E-state index contributed by atoms with van der Waals surface area (Å²) in [6, 6.07) is 15.4. The van der Waals surface area contributed by atoms with Crippen molar-refractivity contribution in [3.63, 3.8) is 0 Å². The van der Waals surface area contributed by atoms with Crippen LogP contribution in [0.5, 0.6) is 0 Å². The number of fused-ring (bicyclic) bond motifs is 1. The summed E-state index contributed by atoms with van der Waals surface area (Å²) in [4.78, 5) is 14.1. The molecule has 2 fully saturated rings. The summed E-state index contributed by atoms with van der Waals surface area (Å²) in [5.74, 6) is 0.381. The number of carbonyl (C=O) groups excluding carboxylic acids is 1. The monoisotopic (exact) mass is 337 g/mol. The van der Waals surface area contributed by atoms with Crippen LogP contribution in [0.1, 0.15) is 50.7 Å². The summed E-state index contributed by atoms with van der Waals surface area (Å²) in [5.41, 5.74) is 1.26. The third-order valence-corrected chi connectivity index (χ3v) is 5.83. The maximum Gasteiger partial charge on any atom is 0.148 e. The van der Waals surface area contributed by atoms with Gasteiger partial charge in [-0.05, 0) is 36.1 Å². The van der Waals surface area contributed by atoms with E-state index in [2.05, 4.69) is 54.3 Å². The van der Waals surface area contributed by atoms with Gasteiger partial charge in [0.05, 0.1) is 18.8 Å². The molecule has 0 amide bonds. The molecule has 25 heavy (non-hydrogen) atoms. The number of carbonyl (C=O) groups is 1. The highest BCUT2D eigenvalue weighted by Crippen LogP contribution is 2.33. The summed E-state index contributed by atoms with van der Waals surface area (Å²) in [6.45, 7) is 3.70. The zero-order valence-corrected chi connectivity index (χ0v) is 15.0. The Morgan fingerprint density at radius 2 is 1.88 bits per heavy atom. The fourth-order valence-electron chi connectivity index (χ4n) is 4.53. The van der Waals surface area contributed by atoms with Gasteiger partial charge in [0.15, 0.2) is 0 Å². The van der Waals surface area contributed by atoms with E-state index < -0.39 is 0 Å². The highest BCUT2D eigenvalue weighted by Gasteiger charge is 2.35. The van der Waals surface area contributed by atoms with Crippen molar-refractivity contribution < 1.29 is 9.53 Å². The van der Waals surface area contributed by atoms with Gasteiger partial charge in [-0.15, -0.1) is 0 Å². The minimum atomic E-state index is 0.0648. The fraction of sp³-hybridized carbons (Fsp3) is 0.500. The van der Waals surface area contributed by atoms with Crippen LogP contribution in [-0.4, -0.2) is 35.9 Å². The molecule has 3 heteroatoms. The van der Waals surface area contributed by atoms with Crippen molar-refractivity contribution in [1.82, 2.24) is 4.90 Å². The van der Waals surface area contributed by atoms with Gasteiger partial charge in [0, 0.05) is 19.0 Å². The second-order valence-electron chi connectivity index (χ2n) is 7.50. The standard InChI is InChI=1S/C22H27NO2/c1-16(19-10-6-8-17-7-2-3-9-20(17)19)25-22-12-5-4-11-21(22)23-14-13-18(24)15-23/h2-3,6-10,16,21-22H,4-5,11-15H2,1H3/t16?,21-,22-/m1/s1. The highest BCUT2D eigenvalue weighted by molar-refractivity contribution is 5.86. The number of rotatable bonds is 4. The summed E-state index contributed by atoms with van der Waals surface area (Å²) in [7, 11) is 0. The Hall–Kier alpha value is -1.71. The minimum absolute atomic E-state index is 0.0648. The highest BCUT2D eigenvalue weighted by atomic mass is 16.5. The second kappa shape index (κ2) is 7.27. The fourth-order valence-corrected chi connectivity index (χ4v) is 4.53. The molecule has 4 rings (SSSR count). The van der Waals surface area contributed by atoms with E-state index in [-0.39, 0.29) is 12.2 Å². The maximum atomic E-state index is 11.7. The molecular weight excluding hydrogens is 310 g/mol. The number of benzene rings is 2. The van der Waals surface area contributed by atoms with Crippen LogP contribution >= 0.6 is 0 Å². The van der Waals surface area contributed by atoms with Gasteiger partial charge in [-0.2, -0.15) is 0 Å². The van der Waals surface area contributed by atoms with Crippen LogP contribution in [0.3, 0.4) is 0 Å². The molecule has 132 valence electrons. The van der Waals surface area contributed by atoms with Gasteiger partial charge in [0.25, 0.3) is 0 Å². The topological polar surface area (TPSA) is 29.5 Å². The van der Waals surface area contributed by atoms with Crippen LogP contribution in [0, 0.1) is 0 Å². The zero-order chi connectivity index (χ0) is 17.2. The number of hydrogen-bond acceptors (Lipinski definition) is 3. The molecule has 2 aromatic rings. The molecule has 3 nitrogen and oxygen atoms in total. The van der Waals surface area contributed by atoms with E-state index in [1.54, 1.807) is 0 Å². The van der Waals surface area contributed by atoms with Crippen LogP contribution in [-0.2, 0) is 9.53 Å². The van der Waals surface area contributed by atoms with Gasteiger partial charge in [-0.25, -0.2) is 0 Å². The Labute approximate surface area is 150 Å². The van der Waals surface area contributed by atoms with Gasteiger partial charge in [-0.1, -0.05) is 55.3 Å². The zero-order valence-electron chi connectivity index (χ0n) is 15.0. The third kappa shape index (κ3) is 3.49. The second-order valence-corrected chi connectivity index (χ2v) is 7.50. The number of likely N-dealkylation sites (tertiary alicyclic amines) is 1. The van der Waals surface area contributed by atoms with Crippen LogP contribution in [0.25, 0.3) is 10.8 Å². The van der Waals surface area contributed by atoms with Gasteiger partial charge in [-0.3, -0.25) is 9.69 Å². The Balaban J connectivity index is 1.53. The van der Waals surface area contributed by atoms with Gasteiger partial charge < -0.3 is 4.74 Å². The van der Waals surface area contributed by atoms with Crippen LogP contribution in [0.2, 0.25) is 0 Å². The third-order valence-electron chi connectivity index (χ3n) is 5.83. The summed E-state index contributed by atoms with van der Waals surface area (Å²) < 4.78 is 6.59. The quantitative estimate of drug-likeness (QED) is 0.822. The molecule has 3 atom stereocenters. The first kappa shape index (κ1) is 16.7. The average Bonchev–Trinajstić information content (AvgIpc) is 3.08. The summed E-state index contributed by atoms with van der Waals surface area (Å²) >= 11 is 0. The Kier molecular flexibility index (Phi) is 4.87. The molecule has 0 aromatic heterocycles. The first-order valence-electron chi connectivity index (χ1n) is 9.61. The maximum absolute atomic E-state index is 11.7. The number of nitrogens with zero attached hydrogens (tertiary/aromatic N) is 1. The lowest BCUT2D eigenvalue weighted by Gasteiger charge is -2.38. The SMILES string of the molecule is CC(O[C@@H]1CCCC[C@H]1N1CCC(=O)C1)c1cccc2ccccc12. The molecule has 1 unspecified atom stereocenters. The lowest BCUT2D eigenvalue weighted by molar-refractivity contribution is -0.117. The van der Waals surface area contributed by atoms with Crippen molar-refractivity contribution in [2.75, 3.05) is 13.1 Å². The van der Waals surface area contributed by atoms with Crippen LogP contribution in [0.4, 0.5) is 0 Å². The Morgan fingerprint density at radius 3 is 2.72 bits per heavy atom. The molecule has 0 bridgehead atoms. The van der Waals surface area contributed by atoms with E-state index in [1.807, 2.05) is 0 Å². The molecule has 1 heterocycles. The number of ketones is 1. The molecule has 1 aliphatic heterocycles. The largest absolute Gasteiger partial charge is 0.369 e. The van der Waals surface area contributed by atoms with Crippen molar-refractivity contribution in [2.24, 2.45) is 0 Å². The molecule has 1 saturated carbocycles. The number of hydrogen-bond donors (Lipinski definition) is 0. The van der Waals surface area contributed by atoms with Crippen molar-refractivity contribution in [3.8, 4) is 0 Å². The molecule has 1 saturated heterocycles. The van der Waals surface area contributed by atoms with Gasteiger partial charge in [0.1, 0.15) is 5.78 Å². The summed E-state index contributed by atoms with van der Waals surface area (Å²) in [5, 5.41) is 2.54. The molecule has 1 aliphatic carbocycles. The predicted molar refractivity (Wildman–Crippen MR) is 101 cm³/mol. The number of Topliss-reactive ketones (excluding diaryl/α,β-unsaturated/α-hetero) is 1. The van der Waals surface area contributed by atoms with Crippen LogP contribution < -0.4 is 0 Å². The minimum Gasteiger partial charge on any atom is -0.369 e. The lowest BCUT2D eigenvalue weighted by atomic mass is 9.91. The molecule has 2 aliphatic rings. The smallest absolute Gasteiger partial charge is 0.148 e. The Bertz CT molecular complexity index is 751. The van der Waals surface area contributed by atoms with E-state index in [1.165, 1.54) is 29.2 Å². The van der Waals surface area contributed by atoms with Crippen LogP contribution in [0.15, 0.2) is 42.5 Å². The lowest BCUT2D eigenvalue weighted by Crippen LogP contribution is -2.46. The van der Waals surface area contributed by atoms with Gasteiger partial charge in [0.2, 0.25) is 0 Å². The average molecular weight is 337 g/mol. The van der Waals surface area contributed by atoms with E-state index in [9.17, 15) is 4.79 Å². The van der Waals surface area contributed by atoms with Crippen molar-refractivity contribution in [1.29, 1.82) is 0 Å². The van der Waals surface area contributed by atoms with Crippen molar-refractivity contribution >= 4 is 16.6 Å². The van der Waals surface area contributed by atoms with Crippen molar-refractivity contribution in [2.45, 2.75) is 57.3 Å². The first-order valence-corrected chi connectivity index (χ1v) is 9.61. The van der Waals surface area contributed by atoms with E-state index >= 15 is 0 Å².